The van der Waals surface area contributed by atoms with Crippen molar-refractivity contribution in [2.24, 2.45) is 0 Å². The second-order valence-electron chi connectivity index (χ2n) is 8.47. The maximum atomic E-state index is 13.4. The van der Waals surface area contributed by atoms with E-state index in [1.807, 2.05) is 24.5 Å². The van der Waals surface area contributed by atoms with E-state index in [1.165, 1.54) is 4.57 Å². The summed E-state index contributed by atoms with van der Waals surface area (Å²) in [6.45, 7) is 3.99. The van der Waals surface area contributed by atoms with Crippen molar-refractivity contribution in [3.05, 3.63) is 56.0 Å². The third kappa shape index (κ3) is 4.24. The van der Waals surface area contributed by atoms with Gasteiger partial charge in [-0.1, -0.05) is 43.9 Å². The molecule has 170 valence electrons. The highest BCUT2D eigenvalue weighted by atomic mass is 35.5. The van der Waals surface area contributed by atoms with Gasteiger partial charge in [0.05, 0.1) is 17.0 Å². The Bertz CT molecular complexity index is 1270. The fourth-order valence-corrected chi connectivity index (χ4v) is 4.66. The smallest absolute Gasteiger partial charge is 0.323 e. The van der Waals surface area contributed by atoms with E-state index in [0.29, 0.717) is 28.4 Å². The van der Waals surface area contributed by atoms with Gasteiger partial charge in [0.2, 0.25) is 5.91 Å². The van der Waals surface area contributed by atoms with Crippen molar-refractivity contribution >= 4 is 34.4 Å². The standard InChI is InChI=1S/C23H28ClN5O3/c1-3-4-11-27-21-20(29(14-25-21)16-7-5-6-8-16)22(31)28(23(27)32)13-19(30)26-18-10-9-15(2)12-17(18)24/h9-10,12,14,16H,3-8,11,13H2,1-2H3,(H,26,30). The average molecular weight is 458 g/mol. The number of aromatic nitrogens is 4. The van der Waals surface area contributed by atoms with Gasteiger partial charge in [-0.05, 0) is 43.9 Å². The fourth-order valence-electron chi connectivity index (χ4n) is 4.38. The number of imidazole rings is 1. The Morgan fingerprint density at radius 1 is 1.22 bits per heavy atom. The molecule has 0 bridgehead atoms. The quantitative estimate of drug-likeness (QED) is 0.583. The molecule has 0 unspecified atom stereocenters. The van der Waals surface area contributed by atoms with Crippen molar-refractivity contribution in [2.45, 2.75) is 71.5 Å². The largest absolute Gasteiger partial charge is 0.333 e. The molecule has 0 radical (unpaired) electrons. The minimum absolute atomic E-state index is 0.193. The van der Waals surface area contributed by atoms with Crippen LogP contribution in [0.1, 0.15) is 57.1 Å². The number of benzene rings is 1. The second kappa shape index (κ2) is 9.32. The molecule has 32 heavy (non-hydrogen) atoms. The van der Waals surface area contributed by atoms with Crippen LogP contribution in [0.2, 0.25) is 5.02 Å². The van der Waals surface area contributed by atoms with E-state index >= 15 is 0 Å². The molecule has 1 N–H and O–H groups in total. The minimum atomic E-state index is -0.516. The van der Waals surface area contributed by atoms with E-state index in [-0.39, 0.29) is 12.6 Å². The maximum Gasteiger partial charge on any atom is 0.333 e. The second-order valence-corrected chi connectivity index (χ2v) is 8.88. The van der Waals surface area contributed by atoms with Crippen molar-refractivity contribution in [3.8, 4) is 0 Å². The molecule has 8 nitrogen and oxygen atoms in total. The van der Waals surface area contributed by atoms with Crippen LogP contribution < -0.4 is 16.6 Å². The molecule has 0 aliphatic heterocycles. The Balaban J connectivity index is 1.75. The number of amides is 1. The van der Waals surface area contributed by atoms with Crippen LogP contribution in [0.15, 0.2) is 34.1 Å². The summed E-state index contributed by atoms with van der Waals surface area (Å²) in [7, 11) is 0. The van der Waals surface area contributed by atoms with Gasteiger partial charge in [0.1, 0.15) is 6.54 Å². The number of anilines is 1. The lowest BCUT2D eigenvalue weighted by Crippen LogP contribution is -2.43. The summed E-state index contributed by atoms with van der Waals surface area (Å²) in [6.07, 6.45) is 7.50. The summed E-state index contributed by atoms with van der Waals surface area (Å²) >= 11 is 6.22. The molecular formula is C23H28ClN5O3. The summed E-state index contributed by atoms with van der Waals surface area (Å²) in [6, 6.07) is 5.47. The lowest BCUT2D eigenvalue weighted by atomic mass is 10.2. The van der Waals surface area contributed by atoms with Gasteiger partial charge in [0.25, 0.3) is 5.56 Å². The number of hydrogen-bond donors (Lipinski definition) is 1. The number of carbonyl (C=O) groups is 1. The van der Waals surface area contributed by atoms with E-state index in [4.69, 9.17) is 11.6 Å². The van der Waals surface area contributed by atoms with E-state index in [0.717, 1.165) is 48.7 Å². The zero-order chi connectivity index (χ0) is 22.8. The molecule has 9 heteroatoms. The van der Waals surface area contributed by atoms with Crippen molar-refractivity contribution < 1.29 is 4.79 Å². The first kappa shape index (κ1) is 22.3. The summed E-state index contributed by atoms with van der Waals surface area (Å²) in [5.41, 5.74) is 1.21. The van der Waals surface area contributed by atoms with Crippen LogP contribution in [0.5, 0.6) is 0 Å². The average Bonchev–Trinajstić information content (AvgIpc) is 3.43. The monoisotopic (exact) mass is 457 g/mol. The molecule has 2 aromatic heterocycles. The molecule has 0 spiro atoms. The topological polar surface area (TPSA) is 90.9 Å². The van der Waals surface area contributed by atoms with E-state index in [1.54, 1.807) is 18.5 Å². The highest BCUT2D eigenvalue weighted by molar-refractivity contribution is 6.33. The first-order valence-corrected chi connectivity index (χ1v) is 11.5. The Morgan fingerprint density at radius 2 is 1.97 bits per heavy atom. The first-order chi connectivity index (χ1) is 15.4. The van der Waals surface area contributed by atoms with Crippen LogP contribution in [0.3, 0.4) is 0 Å². The molecule has 2 heterocycles. The molecule has 1 amide bonds. The van der Waals surface area contributed by atoms with Crippen LogP contribution in [0.4, 0.5) is 5.69 Å². The predicted molar refractivity (Wildman–Crippen MR) is 125 cm³/mol. The number of nitrogens with one attached hydrogen (secondary N) is 1. The highest BCUT2D eigenvalue weighted by Gasteiger charge is 2.24. The number of hydrogen-bond acceptors (Lipinski definition) is 4. The Labute approximate surface area is 190 Å². The summed E-state index contributed by atoms with van der Waals surface area (Å²) in [5.74, 6) is -0.483. The number of unbranched alkanes of at least 4 members (excludes halogenated alkanes) is 1. The van der Waals surface area contributed by atoms with Gasteiger partial charge in [-0.25, -0.2) is 14.3 Å². The summed E-state index contributed by atoms with van der Waals surface area (Å²) < 4.78 is 4.44. The molecule has 1 aliphatic carbocycles. The number of aryl methyl sites for hydroxylation is 2. The van der Waals surface area contributed by atoms with Gasteiger partial charge in [-0.15, -0.1) is 0 Å². The molecule has 3 aromatic rings. The number of carbonyl (C=O) groups excluding carboxylic acids is 1. The van der Waals surface area contributed by atoms with Gasteiger partial charge < -0.3 is 9.88 Å². The number of rotatable bonds is 7. The Kier molecular flexibility index (Phi) is 6.50. The van der Waals surface area contributed by atoms with Crippen molar-refractivity contribution in [3.63, 3.8) is 0 Å². The van der Waals surface area contributed by atoms with Crippen molar-refractivity contribution in [1.29, 1.82) is 0 Å². The molecular weight excluding hydrogens is 430 g/mol. The van der Waals surface area contributed by atoms with Crippen LogP contribution in [-0.4, -0.2) is 24.6 Å². The Morgan fingerprint density at radius 3 is 2.66 bits per heavy atom. The van der Waals surface area contributed by atoms with Crippen molar-refractivity contribution in [1.82, 2.24) is 18.7 Å². The third-order valence-corrected chi connectivity index (χ3v) is 6.41. The van der Waals surface area contributed by atoms with Crippen LogP contribution in [0.25, 0.3) is 11.2 Å². The highest BCUT2D eigenvalue weighted by Crippen LogP contribution is 2.31. The van der Waals surface area contributed by atoms with Gasteiger partial charge >= 0.3 is 5.69 Å². The van der Waals surface area contributed by atoms with Crippen LogP contribution in [-0.2, 0) is 17.9 Å². The van der Waals surface area contributed by atoms with Crippen LogP contribution in [0, 0.1) is 6.92 Å². The van der Waals surface area contributed by atoms with Crippen LogP contribution >= 0.6 is 11.6 Å². The first-order valence-electron chi connectivity index (χ1n) is 11.2. The fraction of sp³-hybridized carbons (Fsp3) is 0.478. The molecule has 1 aliphatic rings. The number of fused-ring (bicyclic) bond motifs is 1. The summed E-state index contributed by atoms with van der Waals surface area (Å²) in [5, 5.41) is 3.12. The van der Waals surface area contributed by atoms with Crippen molar-refractivity contribution in [2.75, 3.05) is 5.32 Å². The molecule has 0 saturated heterocycles. The predicted octanol–water partition coefficient (Wildman–Crippen LogP) is 3.88. The minimum Gasteiger partial charge on any atom is -0.323 e. The molecule has 0 atom stereocenters. The molecule has 1 fully saturated rings. The maximum absolute atomic E-state index is 13.4. The summed E-state index contributed by atoms with van der Waals surface area (Å²) in [4.78, 5) is 43.8. The lowest BCUT2D eigenvalue weighted by Gasteiger charge is -2.15. The normalized spacial score (nSPS) is 14.3. The Hall–Kier alpha value is -2.87. The van der Waals surface area contributed by atoms with Gasteiger partial charge in [0, 0.05) is 12.6 Å². The van der Waals surface area contributed by atoms with Gasteiger partial charge in [0.15, 0.2) is 11.2 Å². The van der Waals surface area contributed by atoms with Gasteiger partial charge in [-0.2, -0.15) is 0 Å². The lowest BCUT2D eigenvalue weighted by molar-refractivity contribution is -0.116. The third-order valence-electron chi connectivity index (χ3n) is 6.09. The molecule has 1 aromatic carbocycles. The van der Waals surface area contributed by atoms with E-state index < -0.39 is 17.2 Å². The number of nitrogens with zero attached hydrogens (tertiary/aromatic N) is 4. The molecule has 4 rings (SSSR count). The van der Waals surface area contributed by atoms with Gasteiger partial charge in [-0.3, -0.25) is 14.2 Å². The molecule has 1 saturated carbocycles. The van der Waals surface area contributed by atoms with E-state index in [2.05, 4.69) is 10.3 Å². The number of halogens is 1. The SMILES string of the molecule is CCCCn1c(=O)n(CC(=O)Nc2ccc(C)cc2Cl)c(=O)c2c1ncn2C1CCCC1. The zero-order valence-electron chi connectivity index (χ0n) is 18.4. The zero-order valence-corrected chi connectivity index (χ0v) is 19.2. The van der Waals surface area contributed by atoms with E-state index in [9.17, 15) is 14.4 Å².